The van der Waals surface area contributed by atoms with Crippen LogP contribution in [0.2, 0.25) is 0 Å². The molecule has 1 saturated carbocycles. The molecule has 1 aliphatic carbocycles. The molecule has 0 amide bonds. The first-order valence-corrected chi connectivity index (χ1v) is 7.50. The van der Waals surface area contributed by atoms with E-state index in [-0.39, 0.29) is 5.41 Å². The van der Waals surface area contributed by atoms with Gasteiger partial charge in [0, 0.05) is 23.9 Å². The second-order valence-corrected chi connectivity index (χ2v) is 5.86. The van der Waals surface area contributed by atoms with E-state index in [1.807, 2.05) is 0 Å². The number of rotatable bonds is 8. The van der Waals surface area contributed by atoms with Crippen molar-refractivity contribution in [3.05, 3.63) is 29.3 Å². The molecule has 0 radical (unpaired) electrons. The molecular formula is C17H24N2O. The van der Waals surface area contributed by atoms with E-state index in [9.17, 15) is 0 Å². The maximum Gasteiger partial charge on any atom is 0.126 e. The number of hydrogen-bond donors (Lipinski definition) is 1. The summed E-state index contributed by atoms with van der Waals surface area (Å²) in [5, 5.41) is 12.3. The molecule has 1 aromatic rings. The Morgan fingerprint density at radius 2 is 2.20 bits per heavy atom. The van der Waals surface area contributed by atoms with Crippen molar-refractivity contribution in [2.75, 3.05) is 13.2 Å². The largest absolute Gasteiger partial charge is 0.492 e. The van der Waals surface area contributed by atoms with Crippen molar-refractivity contribution in [2.24, 2.45) is 5.41 Å². The summed E-state index contributed by atoms with van der Waals surface area (Å²) in [5.41, 5.74) is 2.52. The fraction of sp³-hybridized carbons (Fsp3) is 0.588. The fourth-order valence-corrected chi connectivity index (χ4v) is 2.40. The lowest BCUT2D eigenvalue weighted by atomic mass is 10.0. The summed E-state index contributed by atoms with van der Waals surface area (Å²) in [5.74, 6) is 1.00. The van der Waals surface area contributed by atoms with Crippen LogP contribution in [0.15, 0.2) is 18.2 Å². The molecule has 0 aliphatic heterocycles. The number of ether oxygens (including phenoxy) is 1. The van der Waals surface area contributed by atoms with Crippen molar-refractivity contribution >= 4 is 0 Å². The van der Waals surface area contributed by atoms with Crippen LogP contribution >= 0.6 is 0 Å². The highest BCUT2D eigenvalue weighted by Gasteiger charge is 2.43. The summed E-state index contributed by atoms with van der Waals surface area (Å²) >= 11 is 0. The van der Waals surface area contributed by atoms with Gasteiger partial charge in [0.1, 0.15) is 5.75 Å². The van der Waals surface area contributed by atoms with E-state index >= 15 is 0 Å². The number of benzene rings is 1. The highest BCUT2D eigenvalue weighted by Crippen LogP contribution is 2.49. The molecule has 1 fully saturated rings. The van der Waals surface area contributed by atoms with Crippen molar-refractivity contribution in [1.82, 2.24) is 5.32 Å². The molecule has 2 rings (SSSR count). The van der Waals surface area contributed by atoms with Crippen LogP contribution in [0.4, 0.5) is 0 Å². The van der Waals surface area contributed by atoms with E-state index in [1.54, 1.807) is 0 Å². The Labute approximate surface area is 121 Å². The third-order valence-electron chi connectivity index (χ3n) is 3.97. The van der Waals surface area contributed by atoms with Gasteiger partial charge in [-0.15, -0.1) is 0 Å². The van der Waals surface area contributed by atoms with E-state index in [2.05, 4.69) is 43.4 Å². The molecule has 0 bridgehead atoms. The molecule has 1 aromatic carbocycles. The van der Waals surface area contributed by atoms with Gasteiger partial charge in [-0.2, -0.15) is 5.26 Å². The van der Waals surface area contributed by atoms with Gasteiger partial charge in [0.05, 0.1) is 12.7 Å². The molecule has 0 heterocycles. The molecule has 3 heteroatoms. The molecule has 3 nitrogen and oxygen atoms in total. The van der Waals surface area contributed by atoms with Crippen LogP contribution in [-0.2, 0) is 6.54 Å². The van der Waals surface area contributed by atoms with Crippen molar-refractivity contribution < 1.29 is 4.74 Å². The minimum atomic E-state index is 0.130. The molecule has 108 valence electrons. The van der Waals surface area contributed by atoms with Crippen LogP contribution in [0.3, 0.4) is 0 Å². The zero-order valence-corrected chi connectivity index (χ0v) is 12.5. The zero-order valence-electron chi connectivity index (χ0n) is 12.5. The maximum atomic E-state index is 8.88. The predicted molar refractivity (Wildman–Crippen MR) is 80.6 cm³/mol. The third kappa shape index (κ3) is 3.74. The number of nitrogens with one attached hydrogen (secondary N) is 1. The van der Waals surface area contributed by atoms with Crippen molar-refractivity contribution in [2.45, 2.75) is 46.1 Å². The summed E-state index contributed by atoms with van der Waals surface area (Å²) in [6, 6.07) is 8.57. The smallest absolute Gasteiger partial charge is 0.126 e. The minimum Gasteiger partial charge on any atom is -0.492 e. The van der Waals surface area contributed by atoms with Gasteiger partial charge in [-0.3, -0.25) is 0 Å². The van der Waals surface area contributed by atoms with E-state index < -0.39 is 0 Å². The Morgan fingerprint density at radius 3 is 2.85 bits per heavy atom. The summed E-state index contributed by atoms with van der Waals surface area (Å²) < 4.78 is 6.09. The lowest BCUT2D eigenvalue weighted by Gasteiger charge is -2.18. The number of para-hydroxylation sites is 1. The van der Waals surface area contributed by atoms with E-state index in [4.69, 9.17) is 10.00 Å². The monoisotopic (exact) mass is 272 g/mol. The van der Waals surface area contributed by atoms with E-state index in [0.29, 0.717) is 13.0 Å². The molecule has 1 N–H and O–H groups in total. The van der Waals surface area contributed by atoms with Crippen LogP contribution in [0, 0.1) is 23.7 Å². The lowest BCUT2D eigenvalue weighted by molar-refractivity contribution is 0.233. The van der Waals surface area contributed by atoms with Crippen LogP contribution in [0.25, 0.3) is 0 Å². The van der Waals surface area contributed by atoms with Gasteiger partial charge in [-0.05, 0) is 38.3 Å². The molecule has 0 atom stereocenters. The SMILES string of the molecule is CCCNCc1cccc(C)c1OCC1(CC#N)CC1. The Balaban J connectivity index is 2.00. The Kier molecular flexibility index (Phi) is 5.03. The number of hydrogen-bond acceptors (Lipinski definition) is 3. The van der Waals surface area contributed by atoms with E-state index in [0.717, 1.165) is 38.1 Å². The van der Waals surface area contributed by atoms with Gasteiger partial charge < -0.3 is 10.1 Å². The third-order valence-corrected chi connectivity index (χ3v) is 3.97. The fourth-order valence-electron chi connectivity index (χ4n) is 2.40. The van der Waals surface area contributed by atoms with Crippen molar-refractivity contribution in [1.29, 1.82) is 5.26 Å². The van der Waals surface area contributed by atoms with Crippen LogP contribution in [-0.4, -0.2) is 13.2 Å². The number of aryl methyl sites for hydroxylation is 1. The average molecular weight is 272 g/mol. The zero-order chi connectivity index (χ0) is 14.4. The Hall–Kier alpha value is -1.53. The van der Waals surface area contributed by atoms with Crippen molar-refractivity contribution in [3.63, 3.8) is 0 Å². The van der Waals surface area contributed by atoms with Crippen LogP contribution < -0.4 is 10.1 Å². The van der Waals surface area contributed by atoms with Gasteiger partial charge >= 0.3 is 0 Å². The molecule has 20 heavy (non-hydrogen) atoms. The summed E-state index contributed by atoms with van der Waals surface area (Å²) in [6.07, 6.45) is 3.99. The average Bonchev–Trinajstić information content (AvgIpc) is 3.19. The first-order valence-electron chi connectivity index (χ1n) is 7.50. The molecular weight excluding hydrogens is 248 g/mol. The minimum absolute atomic E-state index is 0.130. The van der Waals surface area contributed by atoms with E-state index in [1.165, 1.54) is 11.1 Å². The second-order valence-electron chi connectivity index (χ2n) is 5.86. The number of nitriles is 1. The first-order chi connectivity index (χ1) is 9.71. The first kappa shape index (κ1) is 14.9. The van der Waals surface area contributed by atoms with Gasteiger partial charge in [-0.1, -0.05) is 25.1 Å². The maximum absolute atomic E-state index is 8.88. The van der Waals surface area contributed by atoms with Gasteiger partial charge in [0.25, 0.3) is 0 Å². The molecule has 0 spiro atoms. The van der Waals surface area contributed by atoms with Gasteiger partial charge in [0.2, 0.25) is 0 Å². The highest BCUT2D eigenvalue weighted by atomic mass is 16.5. The summed E-state index contributed by atoms with van der Waals surface area (Å²) in [7, 11) is 0. The highest BCUT2D eigenvalue weighted by molar-refractivity contribution is 5.40. The molecule has 0 saturated heterocycles. The Morgan fingerprint density at radius 1 is 1.40 bits per heavy atom. The standard InChI is InChI=1S/C17H24N2O/c1-3-11-19-12-15-6-4-5-14(2)16(15)20-13-17(7-8-17)9-10-18/h4-6,19H,3,7-9,11-13H2,1-2H3. The topological polar surface area (TPSA) is 45.0 Å². The molecule has 0 unspecified atom stereocenters. The second kappa shape index (κ2) is 6.76. The summed E-state index contributed by atoms with van der Waals surface area (Å²) in [6.45, 7) is 6.79. The van der Waals surface area contributed by atoms with Crippen LogP contribution in [0.5, 0.6) is 5.75 Å². The molecule has 1 aliphatic rings. The Bertz CT molecular complexity index is 486. The quantitative estimate of drug-likeness (QED) is 0.736. The van der Waals surface area contributed by atoms with Crippen LogP contribution in [0.1, 0.15) is 43.7 Å². The molecule has 0 aromatic heterocycles. The van der Waals surface area contributed by atoms with Gasteiger partial charge in [-0.25, -0.2) is 0 Å². The lowest BCUT2D eigenvalue weighted by Crippen LogP contribution is -2.17. The normalized spacial score (nSPS) is 15.7. The number of nitrogens with zero attached hydrogens (tertiary/aromatic N) is 1. The predicted octanol–water partition coefficient (Wildman–Crippen LogP) is 3.57. The van der Waals surface area contributed by atoms with Crippen molar-refractivity contribution in [3.8, 4) is 11.8 Å². The summed E-state index contributed by atoms with van der Waals surface area (Å²) in [4.78, 5) is 0. The van der Waals surface area contributed by atoms with Gasteiger partial charge in [0.15, 0.2) is 0 Å².